The molecule has 4 amide bonds. The average molecular weight is 698 g/mol. The zero-order valence-corrected chi connectivity index (χ0v) is 28.7. The molecule has 1 aromatic carbocycles. The van der Waals surface area contributed by atoms with Crippen LogP contribution in [0.25, 0.3) is 10.8 Å². The standard InChI is InChI=1S/C34H43N5O9S/c1-33(2,3)48-32(43)36-26-14-17-46-16-7-6-9-22-19-34(22,31(42)38-49(44,45)24-11-12-24)37-28(40)27-18-23(20-39(27)30(26)41)47-29-25-10-5-4-8-21(25)13-15-35-29/h4-6,8-10,13,15,22-24,26-27H,7,11-12,14,16-20H2,1-3H3,(H,36,43)(H,37,40)(H,38,42)/b9-6-/t22-,23?,26+,27+,34-/m1/s1. The van der Waals surface area contributed by atoms with Gasteiger partial charge in [-0.1, -0.05) is 30.4 Å². The molecule has 2 saturated carbocycles. The second-order valence-electron chi connectivity index (χ2n) is 14.1. The molecule has 3 N–H and O–H groups in total. The summed E-state index contributed by atoms with van der Waals surface area (Å²) in [4.78, 5) is 60.7. The Kier molecular flexibility index (Phi) is 9.59. The topological polar surface area (TPSA) is 182 Å². The number of hydrogen-bond acceptors (Lipinski definition) is 10. The molecule has 0 bridgehead atoms. The number of carbonyl (C=O) groups is 4. The third-order valence-electron chi connectivity index (χ3n) is 9.07. The summed E-state index contributed by atoms with van der Waals surface area (Å²) in [6.07, 6.45) is 5.52. The third kappa shape index (κ3) is 7.99. The highest BCUT2D eigenvalue weighted by Crippen LogP contribution is 2.46. The first-order valence-corrected chi connectivity index (χ1v) is 18.2. The Labute approximate surface area is 285 Å². The first kappa shape index (κ1) is 34.6. The Morgan fingerprint density at radius 3 is 2.63 bits per heavy atom. The lowest BCUT2D eigenvalue weighted by molar-refractivity contribution is -0.141. The Balaban J connectivity index is 1.30. The van der Waals surface area contributed by atoms with Gasteiger partial charge in [0.15, 0.2) is 0 Å². The maximum atomic E-state index is 14.3. The van der Waals surface area contributed by atoms with Crippen molar-refractivity contribution in [2.24, 2.45) is 5.92 Å². The average Bonchev–Trinajstić information content (AvgIpc) is 3.96. The molecular formula is C34H43N5O9S. The van der Waals surface area contributed by atoms with Gasteiger partial charge in [0.2, 0.25) is 27.7 Å². The van der Waals surface area contributed by atoms with Crippen molar-refractivity contribution in [3.63, 3.8) is 0 Å². The highest BCUT2D eigenvalue weighted by atomic mass is 32.2. The predicted octanol–water partition coefficient (Wildman–Crippen LogP) is 2.33. The Bertz CT molecular complexity index is 1750. The van der Waals surface area contributed by atoms with Gasteiger partial charge in [-0.2, -0.15) is 0 Å². The van der Waals surface area contributed by atoms with Crippen molar-refractivity contribution in [3.05, 3.63) is 48.7 Å². The van der Waals surface area contributed by atoms with Gasteiger partial charge >= 0.3 is 6.09 Å². The fourth-order valence-electron chi connectivity index (χ4n) is 6.31. The van der Waals surface area contributed by atoms with E-state index in [0.717, 1.165) is 10.8 Å². The predicted molar refractivity (Wildman–Crippen MR) is 178 cm³/mol. The lowest BCUT2D eigenvalue weighted by Gasteiger charge is -2.30. The van der Waals surface area contributed by atoms with E-state index in [1.165, 1.54) is 4.90 Å². The Morgan fingerprint density at radius 1 is 1.10 bits per heavy atom. The number of carbonyl (C=O) groups excluding carboxylic acids is 4. The summed E-state index contributed by atoms with van der Waals surface area (Å²) >= 11 is 0. The Hall–Kier alpha value is -4.24. The van der Waals surface area contributed by atoms with Crippen LogP contribution in [0.3, 0.4) is 0 Å². The fraction of sp³-hybridized carbons (Fsp3) is 0.559. The van der Waals surface area contributed by atoms with Crippen molar-refractivity contribution < 1.29 is 41.8 Å². The molecule has 15 heteroatoms. The van der Waals surface area contributed by atoms with Crippen molar-refractivity contribution in [2.75, 3.05) is 19.8 Å². The van der Waals surface area contributed by atoms with Gasteiger partial charge in [0.1, 0.15) is 29.3 Å². The zero-order valence-electron chi connectivity index (χ0n) is 27.8. The van der Waals surface area contributed by atoms with Gasteiger partial charge in [-0.15, -0.1) is 0 Å². The number of nitrogens with one attached hydrogen (secondary N) is 3. The van der Waals surface area contributed by atoms with Crippen LogP contribution in [0.2, 0.25) is 0 Å². The fourth-order valence-corrected chi connectivity index (χ4v) is 7.67. The van der Waals surface area contributed by atoms with Crippen molar-refractivity contribution >= 4 is 44.6 Å². The molecular weight excluding hydrogens is 654 g/mol. The molecule has 2 aromatic rings. The summed E-state index contributed by atoms with van der Waals surface area (Å²) in [6.45, 7) is 5.54. The largest absolute Gasteiger partial charge is 0.472 e. The highest BCUT2D eigenvalue weighted by Gasteiger charge is 2.62. The maximum Gasteiger partial charge on any atom is 0.408 e. The van der Waals surface area contributed by atoms with Crippen LogP contribution in [-0.4, -0.2) is 96.5 Å². The first-order chi connectivity index (χ1) is 23.3. The molecule has 1 saturated heterocycles. The minimum Gasteiger partial charge on any atom is -0.472 e. The molecule has 6 rings (SSSR count). The maximum absolute atomic E-state index is 14.3. The zero-order chi connectivity index (χ0) is 35.0. The van der Waals surface area contributed by atoms with Crippen LogP contribution in [0.1, 0.15) is 59.3 Å². The van der Waals surface area contributed by atoms with E-state index in [1.807, 2.05) is 36.4 Å². The molecule has 3 heterocycles. The number of hydrogen-bond donors (Lipinski definition) is 3. The third-order valence-corrected chi connectivity index (χ3v) is 10.9. The van der Waals surface area contributed by atoms with Gasteiger partial charge in [0.25, 0.3) is 5.91 Å². The van der Waals surface area contributed by atoms with Crippen LogP contribution in [0.4, 0.5) is 4.79 Å². The summed E-state index contributed by atoms with van der Waals surface area (Å²) in [5.41, 5.74) is -2.34. The molecule has 3 fully saturated rings. The van der Waals surface area contributed by atoms with Crippen molar-refractivity contribution in [1.82, 2.24) is 25.2 Å². The molecule has 14 nitrogen and oxygen atoms in total. The first-order valence-electron chi connectivity index (χ1n) is 16.7. The summed E-state index contributed by atoms with van der Waals surface area (Å²) in [6, 6.07) is 7.17. The number of pyridine rings is 1. The quantitative estimate of drug-likeness (QED) is 0.379. The van der Waals surface area contributed by atoms with Crippen LogP contribution in [0, 0.1) is 5.92 Å². The van der Waals surface area contributed by atoms with Gasteiger partial charge in [-0.25, -0.2) is 18.2 Å². The summed E-state index contributed by atoms with van der Waals surface area (Å²) in [7, 11) is -3.89. The second-order valence-corrected chi connectivity index (χ2v) is 16.0. The normalized spacial score (nSPS) is 28.6. The number of aromatic nitrogens is 1. The smallest absolute Gasteiger partial charge is 0.408 e. The van der Waals surface area contributed by atoms with Gasteiger partial charge in [0.05, 0.1) is 18.4 Å². The van der Waals surface area contributed by atoms with Gasteiger partial charge in [-0.3, -0.25) is 19.1 Å². The van der Waals surface area contributed by atoms with Crippen LogP contribution in [-0.2, 0) is 33.9 Å². The van der Waals surface area contributed by atoms with Crippen LogP contribution >= 0.6 is 0 Å². The molecule has 5 atom stereocenters. The number of alkyl carbamates (subject to hydrolysis) is 1. The number of nitrogens with zero attached hydrogens (tertiary/aromatic N) is 2. The van der Waals surface area contributed by atoms with E-state index >= 15 is 0 Å². The van der Waals surface area contributed by atoms with E-state index in [2.05, 4.69) is 20.3 Å². The van der Waals surface area contributed by atoms with E-state index < -0.39 is 74.3 Å². The molecule has 0 spiro atoms. The molecule has 1 unspecified atom stereocenters. The van der Waals surface area contributed by atoms with E-state index in [0.29, 0.717) is 31.7 Å². The SMILES string of the molecule is CC(C)(C)OC(=O)N[C@H]1CCOCC/C=C\[C@@H]2C[C@@]2(C(=O)NS(=O)(=O)C2CC2)NC(=O)[C@@H]2CC(Oc3nccc4ccccc34)CN2C1=O. The van der Waals surface area contributed by atoms with Crippen LogP contribution < -0.4 is 20.1 Å². The summed E-state index contributed by atoms with van der Waals surface area (Å²) in [5, 5.41) is 6.52. The lowest BCUT2D eigenvalue weighted by atomic mass is 10.1. The molecule has 49 heavy (non-hydrogen) atoms. The monoisotopic (exact) mass is 697 g/mol. The summed E-state index contributed by atoms with van der Waals surface area (Å²) in [5.74, 6) is -2.13. The van der Waals surface area contributed by atoms with Crippen molar-refractivity contribution in [3.8, 4) is 5.88 Å². The van der Waals surface area contributed by atoms with Crippen molar-refractivity contribution in [2.45, 2.75) is 93.9 Å². The number of ether oxygens (including phenoxy) is 3. The molecule has 1 aromatic heterocycles. The minimum atomic E-state index is -3.89. The van der Waals surface area contributed by atoms with E-state index in [9.17, 15) is 27.6 Å². The number of fused-ring (bicyclic) bond motifs is 3. The van der Waals surface area contributed by atoms with E-state index in [1.54, 1.807) is 33.0 Å². The molecule has 4 aliphatic rings. The summed E-state index contributed by atoms with van der Waals surface area (Å²) < 4.78 is 45.2. The van der Waals surface area contributed by atoms with Gasteiger partial charge < -0.3 is 29.7 Å². The van der Waals surface area contributed by atoms with Crippen LogP contribution in [0.15, 0.2) is 48.7 Å². The number of sulfonamides is 1. The van der Waals surface area contributed by atoms with E-state index in [-0.39, 0.29) is 32.4 Å². The lowest BCUT2D eigenvalue weighted by Crippen LogP contribution is -2.58. The Morgan fingerprint density at radius 2 is 1.88 bits per heavy atom. The molecule has 0 radical (unpaired) electrons. The number of rotatable bonds is 6. The van der Waals surface area contributed by atoms with E-state index in [4.69, 9.17) is 14.2 Å². The second kappa shape index (κ2) is 13.6. The van der Waals surface area contributed by atoms with Crippen LogP contribution in [0.5, 0.6) is 5.88 Å². The van der Waals surface area contributed by atoms with Gasteiger partial charge in [0, 0.05) is 36.9 Å². The molecule has 264 valence electrons. The van der Waals surface area contributed by atoms with Gasteiger partial charge in [-0.05, 0) is 64.0 Å². The van der Waals surface area contributed by atoms with Crippen molar-refractivity contribution in [1.29, 1.82) is 0 Å². The molecule has 2 aliphatic heterocycles. The number of amides is 4. The molecule has 2 aliphatic carbocycles. The minimum absolute atomic E-state index is 0.0201. The highest BCUT2D eigenvalue weighted by molar-refractivity contribution is 7.91. The number of benzene rings is 1.